The largest absolute Gasteiger partial charge is 0.378 e. The fraction of sp³-hybridized carbons (Fsp3) is 0.179. The number of carbonyl (C=O) groups is 1. The number of aromatic nitrogens is 5. The van der Waals surface area contributed by atoms with Crippen LogP contribution in [-0.2, 0) is 4.74 Å². The average molecular weight is 507 g/mol. The molecule has 38 heavy (non-hydrogen) atoms. The molecule has 0 saturated carbocycles. The van der Waals surface area contributed by atoms with E-state index in [1.165, 1.54) is 0 Å². The maximum absolute atomic E-state index is 12.9. The molecule has 190 valence electrons. The summed E-state index contributed by atoms with van der Waals surface area (Å²) in [5.41, 5.74) is 5.22. The van der Waals surface area contributed by atoms with Gasteiger partial charge < -0.3 is 20.3 Å². The van der Waals surface area contributed by atoms with Crippen molar-refractivity contribution in [1.29, 1.82) is 0 Å². The van der Waals surface area contributed by atoms with Gasteiger partial charge in [0.05, 0.1) is 24.4 Å². The minimum atomic E-state index is -0.288. The van der Waals surface area contributed by atoms with Crippen molar-refractivity contribution in [2.45, 2.75) is 6.92 Å². The highest BCUT2D eigenvalue weighted by Crippen LogP contribution is 2.26. The third-order valence-corrected chi connectivity index (χ3v) is 6.46. The maximum Gasteiger partial charge on any atom is 0.276 e. The number of carbonyl (C=O) groups excluding carboxylic acids is 1. The Labute approximate surface area is 219 Å². The molecular weight excluding hydrogens is 480 g/mol. The normalized spacial score (nSPS) is 13.4. The van der Waals surface area contributed by atoms with Crippen LogP contribution in [0, 0.1) is 6.92 Å². The van der Waals surface area contributed by atoms with Crippen molar-refractivity contribution in [3.05, 3.63) is 84.3 Å². The third-order valence-electron chi connectivity index (χ3n) is 6.46. The molecule has 0 spiro atoms. The molecule has 1 aliphatic rings. The molecule has 0 radical (unpaired) electrons. The van der Waals surface area contributed by atoms with Gasteiger partial charge >= 0.3 is 0 Å². The van der Waals surface area contributed by atoms with E-state index in [-0.39, 0.29) is 5.91 Å². The number of amides is 1. The lowest BCUT2D eigenvalue weighted by atomic mass is 10.1. The molecule has 10 nitrogen and oxygen atoms in total. The molecule has 6 rings (SSSR count). The van der Waals surface area contributed by atoms with Crippen molar-refractivity contribution in [3.63, 3.8) is 0 Å². The Bertz CT molecular complexity index is 1590. The Morgan fingerprint density at radius 2 is 1.89 bits per heavy atom. The van der Waals surface area contributed by atoms with Crippen LogP contribution in [-0.4, -0.2) is 57.4 Å². The summed E-state index contributed by atoms with van der Waals surface area (Å²) in [5.74, 6) is 1.09. The summed E-state index contributed by atoms with van der Waals surface area (Å²) in [6, 6.07) is 19.1. The van der Waals surface area contributed by atoms with Crippen molar-refractivity contribution in [2.75, 3.05) is 41.8 Å². The standard InChI is InChI=1S/C28H26N8O2/c1-18-6-8-20(31-27(37)26-21-4-2-3-5-23(21)34-35-26)16-24(18)33-28-29-11-10-22(32-28)19-7-9-25(30-17-19)36-12-14-38-15-13-36/h2-11,16-17H,12-15H2,1H3,(H,31,37)(H,34,35)(H,29,32,33). The summed E-state index contributed by atoms with van der Waals surface area (Å²) in [4.78, 5) is 28.8. The highest BCUT2D eigenvalue weighted by atomic mass is 16.5. The Kier molecular flexibility index (Phi) is 6.37. The molecule has 2 aromatic carbocycles. The second-order valence-corrected chi connectivity index (χ2v) is 9.00. The van der Waals surface area contributed by atoms with E-state index in [1.807, 2.05) is 73.8 Å². The number of fused-ring (bicyclic) bond motifs is 1. The molecule has 1 aliphatic heterocycles. The maximum atomic E-state index is 12.9. The molecule has 4 heterocycles. The number of hydrogen-bond acceptors (Lipinski definition) is 8. The number of para-hydroxylation sites is 1. The first-order valence-electron chi connectivity index (χ1n) is 12.4. The van der Waals surface area contributed by atoms with Crippen LogP contribution in [0.4, 0.5) is 23.1 Å². The zero-order valence-corrected chi connectivity index (χ0v) is 20.8. The Balaban J connectivity index is 1.18. The van der Waals surface area contributed by atoms with E-state index in [2.05, 4.69) is 40.7 Å². The molecule has 0 aliphatic carbocycles. The van der Waals surface area contributed by atoms with E-state index in [9.17, 15) is 4.79 Å². The minimum Gasteiger partial charge on any atom is -0.378 e. The second kappa shape index (κ2) is 10.3. The van der Waals surface area contributed by atoms with E-state index in [0.29, 0.717) is 30.5 Å². The fourth-order valence-electron chi connectivity index (χ4n) is 4.38. The molecule has 1 fully saturated rings. The van der Waals surface area contributed by atoms with Crippen LogP contribution in [0.3, 0.4) is 0 Å². The number of aryl methyl sites for hydroxylation is 1. The van der Waals surface area contributed by atoms with Crippen molar-refractivity contribution in [1.82, 2.24) is 25.1 Å². The van der Waals surface area contributed by atoms with E-state index in [4.69, 9.17) is 4.74 Å². The number of nitrogens with one attached hydrogen (secondary N) is 3. The Morgan fingerprint density at radius 3 is 2.74 bits per heavy atom. The van der Waals surface area contributed by atoms with Crippen molar-refractivity contribution in [2.24, 2.45) is 0 Å². The van der Waals surface area contributed by atoms with E-state index >= 15 is 0 Å². The van der Waals surface area contributed by atoms with Crippen LogP contribution in [0.15, 0.2) is 73.1 Å². The molecule has 3 aromatic heterocycles. The lowest BCUT2D eigenvalue weighted by Gasteiger charge is -2.27. The molecule has 0 unspecified atom stereocenters. The topological polar surface area (TPSA) is 121 Å². The molecule has 10 heteroatoms. The van der Waals surface area contributed by atoms with Crippen LogP contribution in [0.25, 0.3) is 22.2 Å². The van der Waals surface area contributed by atoms with Crippen LogP contribution >= 0.6 is 0 Å². The summed E-state index contributed by atoms with van der Waals surface area (Å²) in [6.07, 6.45) is 3.54. The highest BCUT2D eigenvalue weighted by Gasteiger charge is 2.15. The average Bonchev–Trinajstić information content (AvgIpc) is 3.40. The SMILES string of the molecule is Cc1ccc(NC(=O)c2n[nH]c3ccccc23)cc1Nc1nccc(-c2ccc(N3CCOCC3)nc2)n1. The first-order chi connectivity index (χ1) is 18.6. The zero-order chi connectivity index (χ0) is 25.9. The number of hydrogen-bond donors (Lipinski definition) is 3. The van der Waals surface area contributed by atoms with Gasteiger partial charge in [-0.15, -0.1) is 0 Å². The summed E-state index contributed by atoms with van der Waals surface area (Å²) in [7, 11) is 0. The highest BCUT2D eigenvalue weighted by molar-refractivity contribution is 6.11. The van der Waals surface area contributed by atoms with Gasteiger partial charge in [0.2, 0.25) is 5.95 Å². The number of benzene rings is 2. The van der Waals surface area contributed by atoms with Crippen LogP contribution < -0.4 is 15.5 Å². The van der Waals surface area contributed by atoms with Crippen LogP contribution in [0.5, 0.6) is 0 Å². The van der Waals surface area contributed by atoms with Crippen LogP contribution in [0.2, 0.25) is 0 Å². The first kappa shape index (κ1) is 23.6. The molecule has 1 amide bonds. The smallest absolute Gasteiger partial charge is 0.276 e. The number of ether oxygens (including phenoxy) is 1. The van der Waals surface area contributed by atoms with Gasteiger partial charge in [0.25, 0.3) is 5.91 Å². The number of rotatable bonds is 6. The Morgan fingerprint density at radius 1 is 1.03 bits per heavy atom. The number of anilines is 4. The van der Waals surface area contributed by atoms with Gasteiger partial charge in [-0.3, -0.25) is 9.89 Å². The van der Waals surface area contributed by atoms with Gasteiger partial charge in [0.15, 0.2) is 5.69 Å². The molecule has 5 aromatic rings. The van der Waals surface area contributed by atoms with Crippen molar-refractivity contribution in [3.8, 4) is 11.3 Å². The minimum absolute atomic E-state index is 0.288. The monoisotopic (exact) mass is 506 g/mol. The number of morpholine rings is 1. The van der Waals surface area contributed by atoms with Gasteiger partial charge in [0, 0.05) is 47.8 Å². The van der Waals surface area contributed by atoms with E-state index < -0.39 is 0 Å². The number of nitrogens with zero attached hydrogens (tertiary/aromatic N) is 5. The van der Waals surface area contributed by atoms with Gasteiger partial charge in [-0.25, -0.2) is 15.0 Å². The summed E-state index contributed by atoms with van der Waals surface area (Å²) in [5, 5.41) is 14.1. The van der Waals surface area contributed by atoms with Gasteiger partial charge in [0.1, 0.15) is 5.82 Å². The summed E-state index contributed by atoms with van der Waals surface area (Å²) < 4.78 is 5.43. The zero-order valence-electron chi connectivity index (χ0n) is 20.8. The van der Waals surface area contributed by atoms with Gasteiger partial charge in [-0.1, -0.05) is 24.3 Å². The van der Waals surface area contributed by atoms with Crippen LogP contribution in [0.1, 0.15) is 16.1 Å². The first-order valence-corrected chi connectivity index (χ1v) is 12.4. The van der Waals surface area contributed by atoms with Crippen molar-refractivity contribution < 1.29 is 9.53 Å². The summed E-state index contributed by atoms with van der Waals surface area (Å²) >= 11 is 0. The predicted molar refractivity (Wildman–Crippen MR) is 147 cm³/mol. The number of pyridine rings is 1. The molecule has 0 bridgehead atoms. The van der Waals surface area contributed by atoms with Gasteiger partial charge in [-0.05, 0) is 48.9 Å². The lowest BCUT2D eigenvalue weighted by Crippen LogP contribution is -2.36. The van der Waals surface area contributed by atoms with Crippen molar-refractivity contribution >= 4 is 40.0 Å². The number of H-pyrrole nitrogens is 1. The van der Waals surface area contributed by atoms with E-state index in [1.54, 1.807) is 6.20 Å². The molecule has 1 saturated heterocycles. The molecule has 3 N–H and O–H groups in total. The second-order valence-electron chi connectivity index (χ2n) is 9.00. The lowest BCUT2D eigenvalue weighted by molar-refractivity contribution is 0.102. The Hall–Kier alpha value is -4.83. The molecular formula is C28H26N8O2. The third kappa shape index (κ3) is 4.89. The quantitative estimate of drug-likeness (QED) is 0.307. The number of aromatic amines is 1. The van der Waals surface area contributed by atoms with E-state index in [0.717, 1.165) is 52.3 Å². The molecule has 0 atom stereocenters. The fourth-order valence-corrected chi connectivity index (χ4v) is 4.38. The predicted octanol–water partition coefficient (Wildman–Crippen LogP) is 4.56. The summed E-state index contributed by atoms with van der Waals surface area (Å²) in [6.45, 7) is 5.09. The van der Waals surface area contributed by atoms with Gasteiger partial charge in [-0.2, -0.15) is 5.10 Å².